The van der Waals surface area contributed by atoms with Gasteiger partial charge in [0.25, 0.3) is 0 Å². The number of hydrogen-bond acceptors (Lipinski definition) is 2. The first kappa shape index (κ1) is 17.3. The zero-order chi connectivity index (χ0) is 17.4. The van der Waals surface area contributed by atoms with Crippen LogP contribution in [0.4, 0.5) is 13.2 Å². The van der Waals surface area contributed by atoms with E-state index in [1.54, 1.807) is 11.0 Å². The number of rotatable bonds is 5. The first-order chi connectivity index (χ1) is 11.4. The Hall–Kier alpha value is -1.56. The van der Waals surface area contributed by atoms with E-state index in [9.17, 15) is 18.0 Å². The van der Waals surface area contributed by atoms with Gasteiger partial charge in [-0.15, -0.1) is 0 Å². The summed E-state index contributed by atoms with van der Waals surface area (Å²) < 4.78 is 44.2. The SMILES string of the molecule is CCN(C[C@@H]1CCOC1)C(=O)C1(c2cccc(C(F)(F)F)c2)CC1. The third kappa shape index (κ3) is 3.29. The van der Waals surface area contributed by atoms with Gasteiger partial charge >= 0.3 is 6.18 Å². The number of nitrogens with zero attached hydrogens (tertiary/aromatic N) is 1. The molecule has 1 amide bonds. The second kappa shape index (κ2) is 6.39. The second-order valence-electron chi connectivity index (χ2n) is 6.73. The molecule has 0 aromatic heterocycles. The lowest BCUT2D eigenvalue weighted by Gasteiger charge is -2.28. The van der Waals surface area contributed by atoms with Crippen LogP contribution in [0.25, 0.3) is 0 Å². The van der Waals surface area contributed by atoms with Crippen molar-refractivity contribution < 1.29 is 22.7 Å². The van der Waals surface area contributed by atoms with Gasteiger partial charge < -0.3 is 9.64 Å². The summed E-state index contributed by atoms with van der Waals surface area (Å²) in [6.45, 7) is 4.47. The molecule has 3 nitrogen and oxygen atoms in total. The summed E-state index contributed by atoms with van der Waals surface area (Å²) in [6, 6.07) is 5.23. The number of hydrogen-bond donors (Lipinski definition) is 0. The fraction of sp³-hybridized carbons (Fsp3) is 0.611. The largest absolute Gasteiger partial charge is 0.416 e. The molecule has 0 radical (unpaired) electrons. The number of carbonyl (C=O) groups is 1. The maximum Gasteiger partial charge on any atom is 0.416 e. The number of amides is 1. The molecule has 1 aromatic carbocycles. The minimum absolute atomic E-state index is 0.0452. The number of halogens is 3. The van der Waals surface area contributed by atoms with Gasteiger partial charge in [0.05, 0.1) is 17.6 Å². The van der Waals surface area contributed by atoms with Crippen LogP contribution in [0.1, 0.15) is 37.3 Å². The van der Waals surface area contributed by atoms with Crippen LogP contribution in [0, 0.1) is 5.92 Å². The molecule has 2 fully saturated rings. The number of benzene rings is 1. The van der Waals surface area contributed by atoms with Crippen LogP contribution in [-0.4, -0.2) is 37.1 Å². The Bertz CT molecular complexity index is 605. The third-order valence-corrected chi connectivity index (χ3v) is 5.07. The van der Waals surface area contributed by atoms with Crippen LogP contribution in [-0.2, 0) is 21.1 Å². The molecule has 0 unspecified atom stereocenters. The highest BCUT2D eigenvalue weighted by molar-refractivity contribution is 5.91. The summed E-state index contributed by atoms with van der Waals surface area (Å²) in [5.41, 5.74) is -0.966. The van der Waals surface area contributed by atoms with Crippen molar-refractivity contribution in [2.75, 3.05) is 26.3 Å². The van der Waals surface area contributed by atoms with Crippen molar-refractivity contribution in [2.24, 2.45) is 5.92 Å². The minimum atomic E-state index is -4.39. The molecule has 2 aliphatic rings. The van der Waals surface area contributed by atoms with Crippen molar-refractivity contribution in [2.45, 2.75) is 37.8 Å². The molecular weight excluding hydrogens is 319 g/mol. The van der Waals surface area contributed by atoms with Crippen LogP contribution in [0.3, 0.4) is 0 Å². The zero-order valence-electron chi connectivity index (χ0n) is 13.7. The van der Waals surface area contributed by atoms with Crippen molar-refractivity contribution >= 4 is 5.91 Å². The summed E-state index contributed by atoms with van der Waals surface area (Å²) in [7, 11) is 0. The molecule has 6 heteroatoms. The van der Waals surface area contributed by atoms with Gasteiger partial charge in [-0.1, -0.05) is 18.2 Å². The molecular formula is C18H22F3NO2. The molecule has 1 aliphatic heterocycles. The fourth-order valence-corrected chi connectivity index (χ4v) is 3.44. The van der Waals surface area contributed by atoms with E-state index in [0.717, 1.165) is 25.2 Å². The van der Waals surface area contributed by atoms with Gasteiger partial charge in [-0.25, -0.2) is 0 Å². The van der Waals surface area contributed by atoms with E-state index in [1.807, 2.05) is 6.92 Å². The van der Waals surface area contributed by atoms with Crippen molar-refractivity contribution in [1.29, 1.82) is 0 Å². The van der Waals surface area contributed by atoms with Crippen molar-refractivity contribution in [3.05, 3.63) is 35.4 Å². The fourth-order valence-electron chi connectivity index (χ4n) is 3.44. The molecule has 0 bridgehead atoms. The maximum absolute atomic E-state index is 13.0. The maximum atomic E-state index is 13.0. The van der Waals surface area contributed by atoms with Gasteiger partial charge in [0.15, 0.2) is 0 Å². The predicted octanol–water partition coefficient (Wildman–Crippen LogP) is 3.62. The predicted molar refractivity (Wildman–Crippen MR) is 83.5 cm³/mol. The molecule has 1 heterocycles. The van der Waals surface area contributed by atoms with Crippen molar-refractivity contribution in [3.63, 3.8) is 0 Å². The molecule has 3 rings (SSSR count). The molecule has 24 heavy (non-hydrogen) atoms. The van der Waals surface area contributed by atoms with Gasteiger partial charge in [0, 0.05) is 25.6 Å². The number of carbonyl (C=O) groups excluding carboxylic acids is 1. The number of likely N-dealkylation sites (N-methyl/N-ethyl adjacent to an activating group) is 1. The molecule has 132 valence electrons. The highest BCUT2D eigenvalue weighted by Crippen LogP contribution is 2.50. The molecule has 0 spiro atoms. The van der Waals surface area contributed by atoms with E-state index < -0.39 is 17.2 Å². The van der Waals surface area contributed by atoms with Crippen LogP contribution in [0.2, 0.25) is 0 Å². The van der Waals surface area contributed by atoms with E-state index in [0.29, 0.717) is 44.0 Å². The first-order valence-corrected chi connectivity index (χ1v) is 8.41. The highest BCUT2D eigenvalue weighted by Gasteiger charge is 2.53. The topological polar surface area (TPSA) is 29.5 Å². The lowest BCUT2D eigenvalue weighted by Crippen LogP contribution is -2.42. The lowest BCUT2D eigenvalue weighted by molar-refractivity contribution is -0.138. The summed E-state index contributed by atoms with van der Waals surface area (Å²) >= 11 is 0. The Kier molecular flexibility index (Phi) is 4.60. The van der Waals surface area contributed by atoms with Crippen LogP contribution >= 0.6 is 0 Å². The van der Waals surface area contributed by atoms with E-state index in [4.69, 9.17) is 4.74 Å². The molecule has 1 saturated carbocycles. The van der Waals surface area contributed by atoms with Crippen molar-refractivity contribution in [3.8, 4) is 0 Å². The van der Waals surface area contributed by atoms with Crippen LogP contribution in [0.15, 0.2) is 24.3 Å². The Balaban J connectivity index is 1.80. The Morgan fingerprint density at radius 1 is 1.38 bits per heavy atom. The van der Waals surface area contributed by atoms with Crippen molar-refractivity contribution in [1.82, 2.24) is 4.90 Å². The second-order valence-corrected chi connectivity index (χ2v) is 6.73. The standard InChI is InChI=1S/C18H22F3NO2/c1-2-22(11-13-6-9-24-12-13)16(23)17(7-8-17)14-4-3-5-15(10-14)18(19,20)21/h3-5,10,13H,2,6-9,11-12H2,1H3/t13-/m0/s1. The van der Waals surface area contributed by atoms with Gasteiger partial charge in [-0.3, -0.25) is 4.79 Å². The molecule has 1 aromatic rings. The molecule has 0 N–H and O–H groups in total. The summed E-state index contributed by atoms with van der Waals surface area (Å²) in [6.07, 6.45) is -2.23. The van der Waals surface area contributed by atoms with Gasteiger partial charge in [-0.05, 0) is 37.8 Å². The first-order valence-electron chi connectivity index (χ1n) is 8.41. The number of alkyl halides is 3. The number of ether oxygens (including phenoxy) is 1. The Morgan fingerprint density at radius 3 is 2.67 bits per heavy atom. The van der Waals surface area contributed by atoms with E-state index in [2.05, 4.69) is 0 Å². The Morgan fingerprint density at radius 2 is 2.12 bits per heavy atom. The van der Waals surface area contributed by atoms with E-state index in [-0.39, 0.29) is 5.91 Å². The quantitative estimate of drug-likeness (QED) is 0.819. The molecule has 1 atom stereocenters. The molecule has 1 saturated heterocycles. The smallest absolute Gasteiger partial charge is 0.381 e. The summed E-state index contributed by atoms with van der Waals surface area (Å²) in [5, 5.41) is 0. The summed E-state index contributed by atoms with van der Waals surface area (Å²) in [5.74, 6) is 0.280. The normalized spacial score (nSPS) is 22.4. The molecule has 1 aliphatic carbocycles. The van der Waals surface area contributed by atoms with E-state index in [1.165, 1.54) is 6.07 Å². The van der Waals surface area contributed by atoms with Gasteiger partial charge in [-0.2, -0.15) is 13.2 Å². The van der Waals surface area contributed by atoms with Crippen LogP contribution in [0.5, 0.6) is 0 Å². The average Bonchev–Trinajstić information content (AvgIpc) is 3.21. The van der Waals surface area contributed by atoms with Gasteiger partial charge in [0.1, 0.15) is 0 Å². The van der Waals surface area contributed by atoms with Gasteiger partial charge in [0.2, 0.25) is 5.91 Å². The summed E-state index contributed by atoms with van der Waals surface area (Å²) in [4.78, 5) is 14.8. The zero-order valence-corrected chi connectivity index (χ0v) is 13.7. The lowest BCUT2D eigenvalue weighted by atomic mass is 9.92. The Labute approximate surface area is 139 Å². The van der Waals surface area contributed by atoms with Crippen LogP contribution < -0.4 is 0 Å². The third-order valence-electron chi connectivity index (χ3n) is 5.07. The highest BCUT2D eigenvalue weighted by atomic mass is 19.4. The average molecular weight is 341 g/mol. The monoisotopic (exact) mass is 341 g/mol. The minimum Gasteiger partial charge on any atom is -0.381 e. The van der Waals surface area contributed by atoms with E-state index >= 15 is 0 Å².